The Morgan fingerprint density at radius 1 is 0.698 bits per heavy atom. The molecule has 4 atom stereocenters. The Morgan fingerprint density at radius 3 is 1.74 bits per heavy atom. The molecule has 3 aromatic carbocycles. The van der Waals surface area contributed by atoms with E-state index in [1.807, 2.05) is 48.5 Å². The van der Waals surface area contributed by atoms with Gasteiger partial charge in [0.05, 0.1) is 23.6 Å². The van der Waals surface area contributed by atoms with Crippen LogP contribution in [-0.4, -0.2) is 67.0 Å². The van der Waals surface area contributed by atoms with Crippen LogP contribution >= 0.6 is 12.4 Å². The second-order valence-electron chi connectivity index (χ2n) is 12.0. The number of imide groups is 1. The second kappa shape index (κ2) is 13.8. The lowest BCUT2D eigenvalue weighted by Gasteiger charge is -2.37. The summed E-state index contributed by atoms with van der Waals surface area (Å²) in [4.78, 5) is 34.3. The van der Waals surface area contributed by atoms with Crippen LogP contribution in [0.3, 0.4) is 0 Å². The van der Waals surface area contributed by atoms with E-state index in [0.717, 1.165) is 61.7 Å². The van der Waals surface area contributed by atoms with E-state index in [0.29, 0.717) is 6.54 Å². The third-order valence-corrected chi connectivity index (χ3v) is 8.95. The van der Waals surface area contributed by atoms with Crippen LogP contribution in [0.4, 0.5) is 5.69 Å². The molecule has 2 saturated heterocycles. The van der Waals surface area contributed by atoms with Gasteiger partial charge < -0.3 is 9.64 Å². The van der Waals surface area contributed by atoms with Gasteiger partial charge in [-0.15, -0.1) is 12.4 Å². The predicted molar refractivity (Wildman–Crippen MR) is 174 cm³/mol. The van der Waals surface area contributed by atoms with Crippen LogP contribution in [0.15, 0.2) is 97.1 Å². The monoisotopic (exact) mass is 599 g/mol. The largest absolute Gasteiger partial charge is 0.489 e. The molecule has 6 nitrogen and oxygen atoms in total. The van der Waals surface area contributed by atoms with Crippen molar-refractivity contribution in [3.05, 3.63) is 108 Å². The maximum atomic E-state index is 13.9. The van der Waals surface area contributed by atoms with Gasteiger partial charge in [0.15, 0.2) is 0 Å². The van der Waals surface area contributed by atoms with Gasteiger partial charge >= 0.3 is 0 Å². The fourth-order valence-corrected chi connectivity index (χ4v) is 6.95. The van der Waals surface area contributed by atoms with Crippen LogP contribution in [0.2, 0.25) is 0 Å². The van der Waals surface area contributed by atoms with Crippen molar-refractivity contribution in [2.75, 3.05) is 44.2 Å². The smallest absolute Gasteiger partial charge is 0.234 e. The van der Waals surface area contributed by atoms with Crippen molar-refractivity contribution in [2.24, 2.45) is 11.8 Å². The number of piperazine rings is 1. The quantitative estimate of drug-likeness (QED) is 0.218. The van der Waals surface area contributed by atoms with Crippen molar-refractivity contribution in [1.29, 1.82) is 0 Å². The number of nitrogens with zero attached hydrogens (tertiary/aromatic N) is 3. The van der Waals surface area contributed by atoms with Crippen molar-refractivity contribution in [3.63, 3.8) is 0 Å². The molecule has 3 aliphatic rings. The van der Waals surface area contributed by atoms with Crippen LogP contribution in [0.1, 0.15) is 43.2 Å². The molecule has 2 aliphatic heterocycles. The maximum absolute atomic E-state index is 13.9. The first-order chi connectivity index (χ1) is 20.5. The highest BCUT2D eigenvalue weighted by Crippen LogP contribution is 2.49. The minimum atomic E-state index is -0.369. The Balaban J connectivity index is 0.00000368. The first-order valence-corrected chi connectivity index (χ1v) is 15.4. The number of ether oxygens (including phenoxy) is 1. The Labute approximate surface area is 261 Å². The molecule has 4 unspecified atom stereocenters. The lowest BCUT2D eigenvalue weighted by molar-refractivity contribution is -0.140. The molecule has 226 valence electrons. The van der Waals surface area contributed by atoms with Gasteiger partial charge in [0.25, 0.3) is 0 Å². The Morgan fingerprint density at radius 2 is 1.21 bits per heavy atom. The molecule has 1 aliphatic carbocycles. The van der Waals surface area contributed by atoms with Crippen molar-refractivity contribution in [2.45, 2.75) is 38.2 Å². The van der Waals surface area contributed by atoms with E-state index in [-0.39, 0.29) is 54.0 Å². The number of allylic oxidation sites excluding steroid dienone is 2. The summed E-state index contributed by atoms with van der Waals surface area (Å²) in [5, 5.41) is 0. The molecule has 6 rings (SSSR count). The van der Waals surface area contributed by atoms with E-state index >= 15 is 0 Å². The number of carbonyl (C=O) groups excluding carboxylic acids is 2. The number of para-hydroxylation sites is 2. The Kier molecular flexibility index (Phi) is 9.89. The Hall–Kier alpha value is -3.61. The molecule has 2 heterocycles. The summed E-state index contributed by atoms with van der Waals surface area (Å²) in [6, 6.07) is 28.6. The van der Waals surface area contributed by atoms with Crippen LogP contribution < -0.4 is 9.64 Å². The zero-order valence-corrected chi connectivity index (χ0v) is 25.9. The number of likely N-dealkylation sites (tertiary alicyclic amines) is 1. The number of carbonyl (C=O) groups is 2. The second-order valence-corrected chi connectivity index (χ2v) is 12.0. The fourth-order valence-electron chi connectivity index (χ4n) is 6.95. The summed E-state index contributed by atoms with van der Waals surface area (Å²) in [5.41, 5.74) is 3.34. The number of benzene rings is 3. The van der Waals surface area contributed by atoms with Gasteiger partial charge in [-0.25, -0.2) is 0 Å². The van der Waals surface area contributed by atoms with Crippen LogP contribution in [0, 0.1) is 11.8 Å². The fraction of sp³-hybridized carbons (Fsp3) is 0.389. The Bertz CT molecular complexity index is 1340. The summed E-state index contributed by atoms with van der Waals surface area (Å²) >= 11 is 0. The lowest BCUT2D eigenvalue weighted by Crippen LogP contribution is -2.47. The van der Waals surface area contributed by atoms with Crippen molar-refractivity contribution in [1.82, 2.24) is 9.80 Å². The minimum Gasteiger partial charge on any atom is -0.489 e. The summed E-state index contributed by atoms with van der Waals surface area (Å²) in [6.45, 7) is 9.18. The maximum Gasteiger partial charge on any atom is 0.234 e. The topological polar surface area (TPSA) is 53.1 Å². The van der Waals surface area contributed by atoms with Gasteiger partial charge in [-0.2, -0.15) is 0 Å². The SMILES string of the molecule is CC(C)Oc1ccccc1N1CCN(CCCN2C(=O)C3C(c4ccccc4)C=CC(c4ccccc4)C3C2=O)CC1.Cl. The van der Waals surface area contributed by atoms with Gasteiger partial charge in [0.2, 0.25) is 11.8 Å². The first-order valence-electron chi connectivity index (χ1n) is 15.4. The molecule has 0 aromatic heterocycles. The summed E-state index contributed by atoms with van der Waals surface area (Å²) in [6.07, 6.45) is 5.23. The molecule has 3 aromatic rings. The molecule has 0 saturated carbocycles. The van der Waals surface area contributed by atoms with Crippen LogP contribution in [0.5, 0.6) is 5.75 Å². The van der Waals surface area contributed by atoms with E-state index in [1.165, 1.54) is 0 Å². The predicted octanol–water partition coefficient (Wildman–Crippen LogP) is 6.15. The van der Waals surface area contributed by atoms with Gasteiger partial charge in [-0.3, -0.25) is 19.4 Å². The number of hydrogen-bond acceptors (Lipinski definition) is 5. The van der Waals surface area contributed by atoms with E-state index in [4.69, 9.17) is 4.74 Å². The van der Waals surface area contributed by atoms with Gasteiger partial charge in [-0.1, -0.05) is 84.9 Å². The summed E-state index contributed by atoms with van der Waals surface area (Å²) < 4.78 is 6.05. The molecular weight excluding hydrogens is 558 g/mol. The first kappa shape index (κ1) is 30.8. The van der Waals surface area contributed by atoms with Crippen molar-refractivity contribution >= 4 is 29.9 Å². The highest BCUT2D eigenvalue weighted by atomic mass is 35.5. The van der Waals surface area contributed by atoms with Crippen LogP contribution in [0.25, 0.3) is 0 Å². The average Bonchev–Trinajstić information content (AvgIpc) is 3.27. The van der Waals surface area contributed by atoms with E-state index in [9.17, 15) is 9.59 Å². The van der Waals surface area contributed by atoms with E-state index in [2.05, 4.69) is 72.2 Å². The van der Waals surface area contributed by atoms with E-state index in [1.54, 1.807) is 4.90 Å². The lowest BCUT2D eigenvalue weighted by atomic mass is 9.68. The molecular formula is C36H42ClN3O3. The number of halogens is 1. The third kappa shape index (κ3) is 6.51. The number of anilines is 1. The number of amides is 2. The summed E-state index contributed by atoms with van der Waals surface area (Å²) in [7, 11) is 0. The van der Waals surface area contributed by atoms with Gasteiger partial charge in [0.1, 0.15) is 5.75 Å². The third-order valence-electron chi connectivity index (χ3n) is 8.95. The molecule has 0 spiro atoms. The highest BCUT2D eigenvalue weighted by molar-refractivity contribution is 6.06. The number of fused-ring (bicyclic) bond motifs is 1. The molecule has 43 heavy (non-hydrogen) atoms. The molecule has 0 N–H and O–H groups in total. The summed E-state index contributed by atoms with van der Waals surface area (Å²) in [5.74, 6) is -0.0166. The standard InChI is InChI=1S/C36H41N3O3.ClH/c1-26(2)42-32-17-10-9-16-31(32)38-24-22-37(23-25-38)20-11-21-39-35(40)33-29(27-12-5-3-6-13-27)18-19-30(34(33)36(39)41)28-14-7-4-8-15-28;/h3-10,12-19,26,29-30,33-34H,11,20-25H2,1-2H3;1H. The van der Waals surface area contributed by atoms with Crippen LogP contribution in [-0.2, 0) is 9.59 Å². The number of rotatable bonds is 9. The zero-order chi connectivity index (χ0) is 29.1. The van der Waals surface area contributed by atoms with Gasteiger partial charge in [0, 0.05) is 44.6 Å². The minimum absolute atomic E-state index is 0. The molecule has 7 heteroatoms. The van der Waals surface area contributed by atoms with Crippen molar-refractivity contribution < 1.29 is 14.3 Å². The normalized spacial score (nSPS) is 23.8. The molecule has 2 fully saturated rings. The average molecular weight is 600 g/mol. The van der Waals surface area contributed by atoms with Gasteiger partial charge in [-0.05, 0) is 50.1 Å². The molecule has 0 bridgehead atoms. The molecule has 2 amide bonds. The number of hydrogen-bond donors (Lipinski definition) is 0. The highest BCUT2D eigenvalue weighted by Gasteiger charge is 2.54. The zero-order valence-electron chi connectivity index (χ0n) is 25.0. The molecule has 0 radical (unpaired) electrons. The van der Waals surface area contributed by atoms with Crippen molar-refractivity contribution in [3.8, 4) is 5.75 Å². The van der Waals surface area contributed by atoms with E-state index < -0.39 is 0 Å².